The third kappa shape index (κ3) is 6.92. The Kier molecular flexibility index (Phi) is 7.92. The normalized spacial score (nSPS) is 11.6. The number of hydrogen-bond acceptors (Lipinski definition) is 6. The second kappa shape index (κ2) is 10.2. The monoisotopic (exact) mass is 503 g/mol. The molecular weight excluding hydrogens is 486 g/mol. The third-order valence-electron chi connectivity index (χ3n) is 3.55. The van der Waals surface area contributed by atoms with E-state index in [4.69, 9.17) is 9.47 Å². The smallest absolute Gasteiger partial charge is 0.431 e. The zero-order valence-corrected chi connectivity index (χ0v) is 17.8. The summed E-state index contributed by atoms with van der Waals surface area (Å²) in [6.07, 6.45) is -4.15. The van der Waals surface area contributed by atoms with Crippen LogP contribution in [0.3, 0.4) is 0 Å². The fraction of sp³-hybridized carbons (Fsp3) is 0.150. The molecule has 0 spiro atoms. The molecule has 6 nitrogen and oxygen atoms in total. The van der Waals surface area contributed by atoms with E-state index in [0.29, 0.717) is 6.08 Å². The highest BCUT2D eigenvalue weighted by Crippen LogP contribution is 2.36. The largest absolute Gasteiger partial charge is 0.509 e. The van der Waals surface area contributed by atoms with Crippen molar-refractivity contribution in [2.24, 2.45) is 0 Å². The molecule has 0 atom stereocenters. The first-order valence-corrected chi connectivity index (χ1v) is 9.35. The van der Waals surface area contributed by atoms with E-state index in [1.165, 1.54) is 19.2 Å². The van der Waals surface area contributed by atoms with E-state index in [0.717, 1.165) is 6.07 Å². The van der Waals surface area contributed by atoms with Crippen LogP contribution in [0.15, 0.2) is 71.2 Å². The number of aliphatic hydroxyl groups excluding tert-OH is 1. The molecule has 0 aliphatic rings. The molecule has 11 heteroatoms. The standard InChI is InChI=1S/C20H18BrF4N3O3/c1-11(26-3)8-17(20(23,24)25)27-18-14(22)9-13(21)19(28-18)31-16-7-5-4-6-15(16)30-10-12(2)29/h4-9,26,29H,1-2,10H2,3H3,(H,27,28)/b17-8-. The summed E-state index contributed by atoms with van der Waals surface area (Å²) in [7, 11) is 1.39. The van der Waals surface area contributed by atoms with Crippen LogP contribution in [-0.2, 0) is 0 Å². The predicted molar refractivity (Wildman–Crippen MR) is 112 cm³/mol. The summed E-state index contributed by atoms with van der Waals surface area (Å²) in [5, 5.41) is 13.6. The molecule has 0 unspecified atom stereocenters. The van der Waals surface area contributed by atoms with Crippen molar-refractivity contribution in [3.05, 3.63) is 77.0 Å². The van der Waals surface area contributed by atoms with Crippen molar-refractivity contribution in [2.75, 3.05) is 19.0 Å². The molecule has 0 amide bonds. The van der Waals surface area contributed by atoms with Gasteiger partial charge in [-0.05, 0) is 40.2 Å². The van der Waals surface area contributed by atoms with Gasteiger partial charge in [-0.3, -0.25) is 0 Å². The van der Waals surface area contributed by atoms with Crippen LogP contribution >= 0.6 is 15.9 Å². The molecule has 0 aliphatic carbocycles. The number of rotatable bonds is 9. The van der Waals surface area contributed by atoms with Crippen molar-refractivity contribution in [3.8, 4) is 17.4 Å². The Labute approximate surface area is 184 Å². The first kappa shape index (κ1) is 24.1. The van der Waals surface area contributed by atoms with Crippen LogP contribution in [-0.4, -0.2) is 29.9 Å². The van der Waals surface area contributed by atoms with Gasteiger partial charge in [-0.1, -0.05) is 25.3 Å². The van der Waals surface area contributed by atoms with Crippen molar-refractivity contribution in [1.82, 2.24) is 10.3 Å². The Balaban J connectivity index is 2.39. The number of aliphatic hydroxyl groups is 1. The van der Waals surface area contributed by atoms with Gasteiger partial charge in [-0.25, -0.2) is 4.39 Å². The number of pyridine rings is 1. The van der Waals surface area contributed by atoms with E-state index in [-0.39, 0.29) is 39.9 Å². The van der Waals surface area contributed by atoms with Crippen molar-refractivity contribution in [1.29, 1.82) is 0 Å². The van der Waals surface area contributed by atoms with Crippen LogP contribution in [0.25, 0.3) is 0 Å². The van der Waals surface area contributed by atoms with Crippen LogP contribution in [0, 0.1) is 5.82 Å². The van der Waals surface area contributed by atoms with Crippen molar-refractivity contribution in [3.63, 3.8) is 0 Å². The number of likely N-dealkylation sites (N-methyl/N-ethyl adjacent to an activating group) is 1. The van der Waals surface area contributed by atoms with E-state index in [9.17, 15) is 22.7 Å². The van der Waals surface area contributed by atoms with Gasteiger partial charge in [-0.15, -0.1) is 0 Å². The molecule has 0 saturated carbocycles. The number of nitrogens with zero attached hydrogens (tertiary/aromatic N) is 1. The predicted octanol–water partition coefficient (Wildman–Crippen LogP) is 5.82. The van der Waals surface area contributed by atoms with E-state index >= 15 is 0 Å². The number of halogens is 5. The Morgan fingerprint density at radius 1 is 1.26 bits per heavy atom. The average Bonchev–Trinajstić information content (AvgIpc) is 2.69. The number of anilines is 1. The molecule has 0 aliphatic heterocycles. The topological polar surface area (TPSA) is 75.6 Å². The molecule has 31 heavy (non-hydrogen) atoms. The van der Waals surface area contributed by atoms with Gasteiger partial charge in [0.05, 0.1) is 4.47 Å². The maximum atomic E-state index is 14.3. The van der Waals surface area contributed by atoms with Gasteiger partial charge in [0.15, 0.2) is 23.1 Å². The molecule has 2 rings (SSSR count). The molecule has 0 bridgehead atoms. The summed E-state index contributed by atoms with van der Waals surface area (Å²) in [4.78, 5) is 3.82. The summed E-state index contributed by atoms with van der Waals surface area (Å²) in [6, 6.07) is 7.18. The van der Waals surface area contributed by atoms with Crippen LogP contribution < -0.4 is 20.1 Å². The summed E-state index contributed by atoms with van der Waals surface area (Å²) in [5.74, 6) is -1.89. The Morgan fingerprint density at radius 3 is 2.48 bits per heavy atom. The lowest BCUT2D eigenvalue weighted by atomic mass is 10.3. The molecule has 0 radical (unpaired) electrons. The summed E-state index contributed by atoms with van der Waals surface area (Å²) in [5.41, 5.74) is -1.33. The number of nitrogens with one attached hydrogen (secondary N) is 2. The number of benzene rings is 1. The zero-order chi connectivity index (χ0) is 23.2. The van der Waals surface area contributed by atoms with Crippen LogP contribution in [0.2, 0.25) is 0 Å². The first-order valence-electron chi connectivity index (χ1n) is 8.56. The first-order chi connectivity index (χ1) is 14.5. The average molecular weight is 504 g/mol. The van der Waals surface area contributed by atoms with E-state index in [1.54, 1.807) is 12.1 Å². The minimum absolute atomic E-state index is 0.0501. The minimum Gasteiger partial charge on any atom is -0.509 e. The highest BCUT2D eigenvalue weighted by atomic mass is 79.9. The van der Waals surface area contributed by atoms with Gasteiger partial charge in [0.1, 0.15) is 18.1 Å². The maximum absolute atomic E-state index is 14.3. The Hall–Kier alpha value is -3.21. The Morgan fingerprint density at radius 2 is 1.90 bits per heavy atom. The second-order valence-corrected chi connectivity index (χ2v) is 6.82. The van der Waals surface area contributed by atoms with Gasteiger partial charge in [0, 0.05) is 12.7 Å². The van der Waals surface area contributed by atoms with Crippen LogP contribution in [0.4, 0.5) is 23.4 Å². The van der Waals surface area contributed by atoms with Gasteiger partial charge < -0.3 is 25.2 Å². The molecule has 1 heterocycles. The lowest BCUT2D eigenvalue weighted by Gasteiger charge is -2.17. The van der Waals surface area contributed by atoms with E-state index in [2.05, 4.69) is 39.4 Å². The number of ether oxygens (including phenoxy) is 2. The van der Waals surface area contributed by atoms with Gasteiger partial charge >= 0.3 is 6.18 Å². The SMILES string of the molecule is C=C(O)COc1ccccc1Oc1nc(N/C(=C\C(=C)NC)C(F)(F)F)c(F)cc1Br. The highest BCUT2D eigenvalue weighted by molar-refractivity contribution is 9.10. The molecule has 0 fully saturated rings. The van der Waals surface area contributed by atoms with Gasteiger partial charge in [0.25, 0.3) is 0 Å². The van der Waals surface area contributed by atoms with E-state index < -0.39 is 23.5 Å². The molecule has 1 aromatic heterocycles. The second-order valence-electron chi connectivity index (χ2n) is 5.97. The third-order valence-corrected chi connectivity index (χ3v) is 4.11. The molecule has 0 saturated heterocycles. The fourth-order valence-electron chi connectivity index (χ4n) is 2.09. The van der Waals surface area contributed by atoms with Crippen molar-refractivity contribution in [2.45, 2.75) is 6.18 Å². The van der Waals surface area contributed by atoms with Crippen molar-refractivity contribution >= 4 is 21.7 Å². The van der Waals surface area contributed by atoms with E-state index in [1.807, 2.05) is 5.32 Å². The lowest BCUT2D eigenvalue weighted by molar-refractivity contribution is -0.0903. The number of allylic oxidation sites excluding steroid dienone is 2. The Bertz CT molecular complexity index is 1010. The summed E-state index contributed by atoms with van der Waals surface area (Å²) in [6.45, 7) is 6.50. The molecular formula is C20H18BrF4N3O3. The molecule has 3 N–H and O–H groups in total. The fourth-order valence-corrected chi connectivity index (χ4v) is 2.46. The minimum atomic E-state index is -4.82. The number of aromatic nitrogens is 1. The number of alkyl halides is 3. The highest BCUT2D eigenvalue weighted by Gasteiger charge is 2.35. The molecule has 166 valence electrons. The maximum Gasteiger partial charge on any atom is 0.431 e. The number of para-hydroxylation sites is 2. The molecule has 1 aromatic carbocycles. The van der Waals surface area contributed by atoms with Gasteiger partial charge in [0.2, 0.25) is 5.88 Å². The summed E-state index contributed by atoms with van der Waals surface area (Å²) < 4.78 is 65.3. The summed E-state index contributed by atoms with van der Waals surface area (Å²) >= 11 is 3.07. The van der Waals surface area contributed by atoms with Crippen molar-refractivity contribution < 1.29 is 32.1 Å². The quantitative estimate of drug-likeness (QED) is 0.227. The van der Waals surface area contributed by atoms with Crippen LogP contribution in [0.5, 0.6) is 17.4 Å². The number of hydrogen-bond donors (Lipinski definition) is 3. The van der Waals surface area contributed by atoms with Crippen LogP contribution in [0.1, 0.15) is 0 Å². The lowest BCUT2D eigenvalue weighted by Crippen LogP contribution is -2.21. The molecule has 2 aromatic rings. The zero-order valence-electron chi connectivity index (χ0n) is 16.2. The van der Waals surface area contributed by atoms with Gasteiger partial charge in [-0.2, -0.15) is 18.2 Å².